The molecule has 0 saturated heterocycles. The van der Waals surface area contributed by atoms with Crippen molar-refractivity contribution < 1.29 is 9.53 Å². The Labute approximate surface area is 142 Å². The van der Waals surface area contributed by atoms with E-state index in [1.807, 2.05) is 0 Å². The van der Waals surface area contributed by atoms with Crippen LogP contribution in [0.15, 0.2) is 40.3 Å². The predicted molar refractivity (Wildman–Crippen MR) is 91.0 cm³/mol. The Bertz CT molecular complexity index is 751. The van der Waals surface area contributed by atoms with Gasteiger partial charge in [-0.25, -0.2) is 4.98 Å². The number of carbonyl (C=O) groups is 1. The number of hydrogen-bond acceptors (Lipinski definition) is 5. The number of nitrogens with one attached hydrogen (secondary N) is 2. The lowest BCUT2D eigenvalue weighted by Gasteiger charge is -2.12. The molecule has 2 N–H and O–H groups in total. The summed E-state index contributed by atoms with van der Waals surface area (Å²) in [6, 6.07) is 8.35. The van der Waals surface area contributed by atoms with Gasteiger partial charge in [0.1, 0.15) is 0 Å². The van der Waals surface area contributed by atoms with E-state index in [4.69, 9.17) is 16.3 Å². The summed E-state index contributed by atoms with van der Waals surface area (Å²) in [5.74, 6) is -0.233. The highest BCUT2D eigenvalue weighted by atomic mass is 35.5. The van der Waals surface area contributed by atoms with Gasteiger partial charge in [-0.2, -0.15) is 0 Å². The zero-order valence-electron chi connectivity index (χ0n) is 12.6. The summed E-state index contributed by atoms with van der Waals surface area (Å²) in [5, 5.41) is 3.11. The zero-order valence-corrected chi connectivity index (χ0v) is 14.2. The number of para-hydroxylation sites is 1. The zero-order chi connectivity index (χ0) is 16.8. The van der Waals surface area contributed by atoms with E-state index < -0.39 is 5.25 Å². The molecule has 0 radical (unpaired) electrons. The first kappa shape index (κ1) is 17.5. The Kier molecular flexibility index (Phi) is 6.20. The van der Waals surface area contributed by atoms with Gasteiger partial charge in [0, 0.05) is 13.2 Å². The van der Waals surface area contributed by atoms with Gasteiger partial charge in [-0.1, -0.05) is 35.5 Å². The number of H-pyrrole nitrogens is 1. The fourth-order valence-corrected chi connectivity index (χ4v) is 2.79. The van der Waals surface area contributed by atoms with Crippen molar-refractivity contribution in [2.75, 3.05) is 12.4 Å². The Morgan fingerprint density at radius 2 is 2.22 bits per heavy atom. The summed E-state index contributed by atoms with van der Waals surface area (Å²) in [6.07, 6.45) is 0. The van der Waals surface area contributed by atoms with Crippen molar-refractivity contribution in [3.8, 4) is 0 Å². The van der Waals surface area contributed by atoms with Gasteiger partial charge in [0.05, 0.1) is 28.3 Å². The van der Waals surface area contributed by atoms with Crippen LogP contribution >= 0.6 is 23.4 Å². The molecule has 0 aliphatic rings. The largest absolute Gasteiger partial charge is 0.378 e. The first-order valence-corrected chi connectivity index (χ1v) is 8.06. The highest BCUT2D eigenvalue weighted by Crippen LogP contribution is 2.24. The van der Waals surface area contributed by atoms with Crippen LogP contribution in [-0.2, 0) is 16.1 Å². The maximum Gasteiger partial charge on any atom is 0.251 e. The Hall–Kier alpha value is -1.83. The quantitative estimate of drug-likeness (QED) is 0.616. The molecule has 0 aliphatic carbocycles. The maximum absolute atomic E-state index is 12.2. The van der Waals surface area contributed by atoms with Gasteiger partial charge in [-0.05, 0) is 19.1 Å². The second-order valence-corrected chi connectivity index (χ2v) is 6.44. The minimum atomic E-state index is -0.466. The van der Waals surface area contributed by atoms with Crippen LogP contribution in [0.2, 0.25) is 5.02 Å². The Morgan fingerprint density at radius 1 is 1.48 bits per heavy atom. The van der Waals surface area contributed by atoms with Crippen LogP contribution in [0.5, 0.6) is 0 Å². The normalized spacial score (nSPS) is 12.0. The molecule has 0 saturated carbocycles. The predicted octanol–water partition coefficient (Wildman–Crippen LogP) is 2.69. The van der Waals surface area contributed by atoms with Crippen molar-refractivity contribution in [3.63, 3.8) is 0 Å². The monoisotopic (exact) mass is 353 g/mol. The molecule has 1 amide bonds. The number of thioether (sulfide) groups is 1. The number of methoxy groups -OCH3 is 1. The van der Waals surface area contributed by atoms with Gasteiger partial charge in [0.15, 0.2) is 5.16 Å². The lowest BCUT2D eigenvalue weighted by atomic mass is 10.3. The highest BCUT2D eigenvalue weighted by Gasteiger charge is 2.17. The smallest absolute Gasteiger partial charge is 0.251 e. The lowest BCUT2D eigenvalue weighted by molar-refractivity contribution is -0.115. The minimum Gasteiger partial charge on any atom is -0.378 e. The van der Waals surface area contributed by atoms with E-state index in [-0.39, 0.29) is 18.1 Å². The fraction of sp³-hybridized carbons (Fsp3) is 0.267. The van der Waals surface area contributed by atoms with Gasteiger partial charge in [-0.3, -0.25) is 9.59 Å². The van der Waals surface area contributed by atoms with Crippen molar-refractivity contribution in [2.45, 2.75) is 23.9 Å². The second kappa shape index (κ2) is 8.14. The number of benzene rings is 1. The van der Waals surface area contributed by atoms with Crippen LogP contribution in [0.3, 0.4) is 0 Å². The number of nitrogens with zero attached hydrogens (tertiary/aromatic N) is 1. The van der Waals surface area contributed by atoms with Gasteiger partial charge >= 0.3 is 0 Å². The van der Waals surface area contributed by atoms with E-state index in [2.05, 4.69) is 15.3 Å². The molecule has 23 heavy (non-hydrogen) atoms. The Balaban J connectivity index is 2.06. The van der Waals surface area contributed by atoms with Gasteiger partial charge in [0.25, 0.3) is 5.56 Å². The third-order valence-electron chi connectivity index (χ3n) is 2.85. The number of carbonyl (C=O) groups excluding carboxylic acids is 1. The summed E-state index contributed by atoms with van der Waals surface area (Å²) < 4.78 is 4.96. The van der Waals surface area contributed by atoms with E-state index in [0.29, 0.717) is 21.6 Å². The van der Waals surface area contributed by atoms with E-state index in [1.165, 1.54) is 13.2 Å². The summed E-state index contributed by atoms with van der Waals surface area (Å²) >= 11 is 7.17. The summed E-state index contributed by atoms with van der Waals surface area (Å²) in [4.78, 5) is 30.7. The SMILES string of the molecule is COCc1cc(=O)[nH]c(SC(C)C(=O)Nc2ccccc2Cl)n1. The Morgan fingerprint density at radius 3 is 2.91 bits per heavy atom. The number of aromatic nitrogens is 2. The number of rotatable bonds is 6. The highest BCUT2D eigenvalue weighted by molar-refractivity contribution is 8.00. The summed E-state index contributed by atoms with van der Waals surface area (Å²) in [6.45, 7) is 1.96. The molecule has 1 atom stereocenters. The number of aromatic amines is 1. The van der Waals surface area contributed by atoms with Crippen LogP contribution in [0.4, 0.5) is 5.69 Å². The molecule has 6 nitrogen and oxygen atoms in total. The molecule has 1 heterocycles. The first-order valence-electron chi connectivity index (χ1n) is 6.81. The topological polar surface area (TPSA) is 84.1 Å². The molecule has 2 rings (SSSR count). The van der Waals surface area contributed by atoms with Gasteiger partial charge in [0.2, 0.25) is 5.91 Å². The van der Waals surface area contributed by atoms with Crippen LogP contribution < -0.4 is 10.9 Å². The standard InChI is InChI=1S/C15H16ClN3O3S/c1-9(14(21)18-12-6-4-3-5-11(12)16)23-15-17-10(8-22-2)7-13(20)19-15/h3-7,9H,8H2,1-2H3,(H,18,21)(H,17,19,20). The van der Waals surface area contributed by atoms with Gasteiger partial charge < -0.3 is 15.0 Å². The number of anilines is 1. The molecule has 0 bridgehead atoms. The molecule has 122 valence electrons. The van der Waals surface area contributed by atoms with E-state index in [1.54, 1.807) is 31.2 Å². The van der Waals surface area contributed by atoms with Crippen LogP contribution in [0.25, 0.3) is 0 Å². The van der Waals surface area contributed by atoms with E-state index in [9.17, 15) is 9.59 Å². The molecule has 0 spiro atoms. The molecule has 1 aromatic heterocycles. The van der Waals surface area contributed by atoms with E-state index >= 15 is 0 Å². The van der Waals surface area contributed by atoms with Crippen molar-refractivity contribution in [3.05, 3.63) is 51.4 Å². The number of halogens is 1. The first-order chi connectivity index (χ1) is 11.0. The van der Waals surface area contributed by atoms with Crippen LogP contribution in [-0.4, -0.2) is 28.2 Å². The average molecular weight is 354 g/mol. The number of hydrogen-bond donors (Lipinski definition) is 2. The van der Waals surface area contributed by atoms with Gasteiger partial charge in [-0.15, -0.1) is 0 Å². The molecule has 1 unspecified atom stereocenters. The van der Waals surface area contributed by atoms with Crippen LogP contribution in [0, 0.1) is 0 Å². The number of ether oxygens (including phenoxy) is 1. The third-order valence-corrected chi connectivity index (χ3v) is 4.17. The molecule has 0 fully saturated rings. The molecule has 1 aromatic carbocycles. The molecular weight excluding hydrogens is 338 g/mol. The lowest BCUT2D eigenvalue weighted by Crippen LogP contribution is -2.23. The molecule has 0 aliphatic heterocycles. The number of amides is 1. The molecule has 8 heteroatoms. The van der Waals surface area contributed by atoms with Crippen molar-refractivity contribution in [2.24, 2.45) is 0 Å². The maximum atomic E-state index is 12.2. The minimum absolute atomic E-state index is 0.233. The van der Waals surface area contributed by atoms with Crippen molar-refractivity contribution in [1.82, 2.24) is 9.97 Å². The van der Waals surface area contributed by atoms with Crippen molar-refractivity contribution >= 4 is 35.0 Å². The van der Waals surface area contributed by atoms with Crippen LogP contribution in [0.1, 0.15) is 12.6 Å². The third kappa shape index (κ3) is 5.09. The average Bonchev–Trinajstić information content (AvgIpc) is 2.49. The fourth-order valence-electron chi connectivity index (χ4n) is 1.78. The second-order valence-electron chi connectivity index (χ2n) is 4.70. The summed E-state index contributed by atoms with van der Waals surface area (Å²) in [5.41, 5.74) is 0.770. The van der Waals surface area contributed by atoms with E-state index in [0.717, 1.165) is 11.8 Å². The molecular formula is C15H16ClN3O3S. The van der Waals surface area contributed by atoms with Crippen molar-refractivity contribution in [1.29, 1.82) is 0 Å². The molecule has 2 aromatic rings. The summed E-state index contributed by atoms with van der Waals surface area (Å²) in [7, 11) is 1.52.